The lowest BCUT2D eigenvalue weighted by molar-refractivity contribution is 0.156. The summed E-state index contributed by atoms with van der Waals surface area (Å²) in [6.07, 6.45) is 2.38. The molecule has 2 saturated heterocycles. The van der Waals surface area contributed by atoms with Crippen molar-refractivity contribution in [3.63, 3.8) is 0 Å². The van der Waals surface area contributed by atoms with Crippen LogP contribution in [0.25, 0.3) is 0 Å². The van der Waals surface area contributed by atoms with Crippen LogP contribution in [0.3, 0.4) is 0 Å². The van der Waals surface area contributed by atoms with Crippen molar-refractivity contribution in [2.24, 2.45) is 10.4 Å². The molecule has 2 fully saturated rings. The van der Waals surface area contributed by atoms with Gasteiger partial charge < -0.3 is 19.7 Å². The lowest BCUT2D eigenvalue weighted by atomic mass is 9.87. The third-order valence-corrected chi connectivity index (χ3v) is 4.81. The molecule has 24 heavy (non-hydrogen) atoms. The maximum atomic E-state index is 5.76. The molecule has 0 bridgehead atoms. The van der Waals surface area contributed by atoms with Crippen molar-refractivity contribution in [3.05, 3.63) is 29.8 Å². The van der Waals surface area contributed by atoms with Gasteiger partial charge in [-0.3, -0.25) is 4.99 Å². The smallest absolute Gasteiger partial charge is 0.193 e. The first-order chi connectivity index (χ1) is 11.2. The number of rotatable bonds is 4. The van der Waals surface area contributed by atoms with Crippen LogP contribution >= 0.6 is 24.0 Å². The van der Waals surface area contributed by atoms with Gasteiger partial charge in [0.2, 0.25) is 0 Å². The molecule has 134 valence electrons. The second-order valence-corrected chi connectivity index (χ2v) is 6.61. The van der Waals surface area contributed by atoms with Gasteiger partial charge in [-0.05, 0) is 31.9 Å². The Labute approximate surface area is 161 Å². The molecule has 1 atom stereocenters. The van der Waals surface area contributed by atoms with Crippen molar-refractivity contribution in [2.75, 3.05) is 46.5 Å². The first kappa shape index (κ1) is 19.3. The molecule has 0 aromatic heterocycles. The van der Waals surface area contributed by atoms with Crippen molar-refractivity contribution < 1.29 is 9.47 Å². The van der Waals surface area contributed by atoms with Crippen LogP contribution < -0.4 is 10.1 Å². The highest BCUT2D eigenvalue weighted by Crippen LogP contribution is 2.38. The second-order valence-electron chi connectivity index (χ2n) is 6.61. The monoisotopic (exact) mass is 445 g/mol. The van der Waals surface area contributed by atoms with Gasteiger partial charge in [-0.1, -0.05) is 17.7 Å². The standard InChI is InChI=1S/C18H27N3O2.HI/c1-15-3-5-16(6-4-15)23-12-9-20-17(19-2)21-10-7-18(13-21)8-11-22-14-18;/h3-6H,7-14H2,1-2H3,(H,19,20);1H. The van der Waals surface area contributed by atoms with Crippen LogP contribution in [0.5, 0.6) is 5.75 Å². The first-order valence-electron chi connectivity index (χ1n) is 8.44. The van der Waals surface area contributed by atoms with Crippen LogP contribution in [0.1, 0.15) is 18.4 Å². The summed E-state index contributed by atoms with van der Waals surface area (Å²) in [7, 11) is 1.85. The fraction of sp³-hybridized carbons (Fsp3) is 0.611. The average molecular weight is 445 g/mol. The number of likely N-dealkylation sites (tertiary alicyclic amines) is 1. The van der Waals surface area contributed by atoms with Gasteiger partial charge in [0.05, 0.1) is 13.2 Å². The number of aryl methyl sites for hydroxylation is 1. The largest absolute Gasteiger partial charge is 0.492 e. The highest BCUT2D eigenvalue weighted by atomic mass is 127. The van der Waals surface area contributed by atoms with Gasteiger partial charge in [0.1, 0.15) is 12.4 Å². The third-order valence-electron chi connectivity index (χ3n) is 4.81. The van der Waals surface area contributed by atoms with E-state index < -0.39 is 0 Å². The number of benzene rings is 1. The minimum absolute atomic E-state index is 0. The summed E-state index contributed by atoms with van der Waals surface area (Å²) in [5.74, 6) is 1.89. The van der Waals surface area contributed by atoms with Crippen LogP contribution in [0.15, 0.2) is 29.3 Å². The molecule has 3 rings (SSSR count). The molecule has 2 heterocycles. The summed E-state index contributed by atoms with van der Waals surface area (Å²) >= 11 is 0. The van der Waals surface area contributed by atoms with Gasteiger partial charge in [0.15, 0.2) is 5.96 Å². The fourth-order valence-corrected chi connectivity index (χ4v) is 3.39. The van der Waals surface area contributed by atoms with E-state index in [4.69, 9.17) is 9.47 Å². The van der Waals surface area contributed by atoms with E-state index in [0.717, 1.165) is 44.6 Å². The van der Waals surface area contributed by atoms with E-state index in [0.29, 0.717) is 12.0 Å². The normalized spacial score (nSPS) is 23.4. The summed E-state index contributed by atoms with van der Waals surface area (Å²) in [4.78, 5) is 6.76. The SMILES string of the molecule is CN=C(NCCOc1ccc(C)cc1)N1CCC2(CCOC2)C1.I. The molecule has 6 heteroatoms. The number of nitrogens with one attached hydrogen (secondary N) is 1. The molecule has 0 aliphatic carbocycles. The van der Waals surface area contributed by atoms with Gasteiger partial charge in [0, 0.05) is 32.2 Å². The Morgan fingerprint density at radius 2 is 2.12 bits per heavy atom. The molecule has 1 unspecified atom stereocenters. The van der Waals surface area contributed by atoms with Gasteiger partial charge in [0.25, 0.3) is 0 Å². The Bertz CT molecular complexity index is 542. The summed E-state index contributed by atoms with van der Waals surface area (Å²) in [6.45, 7) is 7.37. The van der Waals surface area contributed by atoms with Crippen molar-refractivity contribution in [1.29, 1.82) is 0 Å². The van der Waals surface area contributed by atoms with Crippen LogP contribution in [0.2, 0.25) is 0 Å². The topological polar surface area (TPSA) is 46.1 Å². The second kappa shape index (κ2) is 8.89. The van der Waals surface area contributed by atoms with E-state index >= 15 is 0 Å². The van der Waals surface area contributed by atoms with E-state index in [1.165, 1.54) is 18.4 Å². The van der Waals surface area contributed by atoms with Crippen LogP contribution in [0.4, 0.5) is 0 Å². The molecular weight excluding hydrogens is 417 g/mol. The molecule has 5 nitrogen and oxygen atoms in total. The molecule has 0 saturated carbocycles. The van der Waals surface area contributed by atoms with Crippen molar-refractivity contribution in [2.45, 2.75) is 19.8 Å². The van der Waals surface area contributed by atoms with Crippen molar-refractivity contribution in [1.82, 2.24) is 10.2 Å². The minimum atomic E-state index is 0. The number of ether oxygens (including phenoxy) is 2. The van der Waals surface area contributed by atoms with E-state index in [2.05, 4.69) is 34.3 Å². The summed E-state index contributed by atoms with van der Waals surface area (Å²) in [5, 5.41) is 3.41. The Balaban J connectivity index is 0.00000208. The Kier molecular flexibility index (Phi) is 7.16. The first-order valence-corrected chi connectivity index (χ1v) is 8.44. The summed E-state index contributed by atoms with van der Waals surface area (Å²) < 4.78 is 11.3. The maximum Gasteiger partial charge on any atom is 0.193 e. The predicted molar refractivity (Wildman–Crippen MR) is 108 cm³/mol. The molecule has 0 radical (unpaired) electrons. The Morgan fingerprint density at radius 1 is 1.33 bits per heavy atom. The quantitative estimate of drug-likeness (QED) is 0.335. The van der Waals surface area contributed by atoms with Gasteiger partial charge in [-0.25, -0.2) is 0 Å². The zero-order valence-corrected chi connectivity index (χ0v) is 16.9. The summed E-state index contributed by atoms with van der Waals surface area (Å²) in [5.41, 5.74) is 1.60. The highest BCUT2D eigenvalue weighted by molar-refractivity contribution is 14.0. The zero-order chi connectivity index (χ0) is 16.1. The lowest BCUT2D eigenvalue weighted by Gasteiger charge is -2.24. The molecule has 2 aliphatic rings. The Morgan fingerprint density at radius 3 is 2.79 bits per heavy atom. The number of guanidine groups is 1. The maximum absolute atomic E-state index is 5.76. The zero-order valence-electron chi connectivity index (χ0n) is 14.6. The minimum Gasteiger partial charge on any atom is -0.492 e. The summed E-state index contributed by atoms with van der Waals surface area (Å²) in [6, 6.07) is 8.15. The van der Waals surface area contributed by atoms with Crippen LogP contribution in [0, 0.1) is 12.3 Å². The van der Waals surface area contributed by atoms with Gasteiger partial charge in [-0.15, -0.1) is 24.0 Å². The number of aliphatic imine (C=N–C) groups is 1. The van der Waals surface area contributed by atoms with E-state index in [-0.39, 0.29) is 24.0 Å². The van der Waals surface area contributed by atoms with E-state index in [1.807, 2.05) is 19.2 Å². The molecule has 1 aromatic rings. The van der Waals surface area contributed by atoms with Gasteiger partial charge >= 0.3 is 0 Å². The Hall–Kier alpha value is -1.02. The third kappa shape index (κ3) is 4.75. The average Bonchev–Trinajstić information content (AvgIpc) is 3.20. The van der Waals surface area contributed by atoms with Crippen LogP contribution in [-0.4, -0.2) is 57.4 Å². The lowest BCUT2D eigenvalue weighted by Crippen LogP contribution is -2.42. The number of hydrogen-bond acceptors (Lipinski definition) is 3. The van der Waals surface area contributed by atoms with Crippen molar-refractivity contribution >= 4 is 29.9 Å². The molecule has 1 N–H and O–H groups in total. The molecular formula is C18H28IN3O2. The van der Waals surface area contributed by atoms with Crippen LogP contribution in [-0.2, 0) is 4.74 Å². The molecule has 1 aromatic carbocycles. The number of hydrogen-bond donors (Lipinski definition) is 1. The van der Waals surface area contributed by atoms with E-state index in [1.54, 1.807) is 0 Å². The fourth-order valence-electron chi connectivity index (χ4n) is 3.39. The number of nitrogens with zero attached hydrogens (tertiary/aromatic N) is 2. The van der Waals surface area contributed by atoms with E-state index in [9.17, 15) is 0 Å². The van der Waals surface area contributed by atoms with Gasteiger partial charge in [-0.2, -0.15) is 0 Å². The predicted octanol–water partition coefficient (Wildman–Crippen LogP) is 2.68. The molecule has 1 spiro atoms. The number of halogens is 1. The molecule has 2 aliphatic heterocycles. The molecule has 0 amide bonds. The van der Waals surface area contributed by atoms with Crippen molar-refractivity contribution in [3.8, 4) is 5.75 Å². The highest BCUT2D eigenvalue weighted by Gasteiger charge is 2.42.